The minimum absolute atomic E-state index is 0. The Kier molecular flexibility index (Phi) is 24.7. The summed E-state index contributed by atoms with van der Waals surface area (Å²) in [5, 5.41) is 22.8. The summed E-state index contributed by atoms with van der Waals surface area (Å²) >= 11 is 3.09. The zero-order chi connectivity index (χ0) is 60.4. The van der Waals surface area contributed by atoms with Crippen molar-refractivity contribution in [3.63, 3.8) is 0 Å². The minimum atomic E-state index is -4.74. The molecule has 11 rings (SSSR count). The molecular weight excluding hydrogens is 1150 g/mol. The molecule has 0 unspecified atom stereocenters. The Morgan fingerprint density at radius 1 is 0.583 bits per heavy atom. The number of ether oxygens (including phenoxy) is 3. The van der Waals surface area contributed by atoms with Gasteiger partial charge < -0.3 is 30.3 Å². The molecule has 1 saturated heterocycles. The van der Waals surface area contributed by atoms with Gasteiger partial charge in [0.2, 0.25) is 5.91 Å². The van der Waals surface area contributed by atoms with Gasteiger partial charge in [-0.2, -0.15) is 20.8 Å². The number of hydrogen-bond acceptors (Lipinski definition) is 8. The van der Waals surface area contributed by atoms with Gasteiger partial charge in [-0.25, -0.2) is 5.06 Å². The average Bonchev–Trinajstić information content (AvgIpc) is 1.38. The Bertz CT molecular complexity index is 2410. The first-order chi connectivity index (χ1) is 38.1. The number of carbonyl (C=O) groups excluding carboxylic acids is 2. The zero-order valence-corrected chi connectivity index (χ0v) is 53.5. The van der Waals surface area contributed by atoms with Gasteiger partial charge in [-0.1, -0.05) is 51.1 Å². The molecule has 1 amide bonds. The number of rotatable bonds is 6. The van der Waals surface area contributed by atoms with Crippen molar-refractivity contribution >= 4 is 27.6 Å². The van der Waals surface area contributed by atoms with E-state index in [9.17, 15) is 46.1 Å². The maximum Gasteiger partial charge on any atom is 1.00 e. The molecular formula is C67H101BrF6LiNO8. The van der Waals surface area contributed by atoms with Crippen LogP contribution in [0, 0.1) is 86.8 Å². The molecule has 2 aromatic carbocycles. The summed E-state index contributed by atoms with van der Waals surface area (Å²) in [4.78, 5) is 31.7. The van der Waals surface area contributed by atoms with Gasteiger partial charge in [0.1, 0.15) is 11.5 Å². The van der Waals surface area contributed by atoms with Crippen LogP contribution in [-0.2, 0) is 14.4 Å². The van der Waals surface area contributed by atoms with Gasteiger partial charge in [0, 0.05) is 42.1 Å². The summed E-state index contributed by atoms with van der Waals surface area (Å²) in [6, 6.07) is 10.9. The topological polar surface area (TPSA) is 115 Å². The summed E-state index contributed by atoms with van der Waals surface area (Å²) in [6.45, 7) is 22.0. The first-order valence-electron chi connectivity index (χ1n) is 30.7. The van der Waals surface area contributed by atoms with Crippen LogP contribution < -0.4 is 28.3 Å². The molecule has 0 aromatic heterocycles. The second kappa shape index (κ2) is 28.7. The summed E-state index contributed by atoms with van der Waals surface area (Å²) in [5.41, 5.74) is 0.230. The Balaban J connectivity index is 0.000000228. The van der Waals surface area contributed by atoms with Crippen LogP contribution in [0.3, 0.4) is 0 Å². The molecule has 17 heteroatoms. The van der Waals surface area contributed by atoms with E-state index < -0.39 is 23.9 Å². The summed E-state index contributed by atoms with van der Waals surface area (Å²) < 4.78 is 85.5. The fourth-order valence-corrected chi connectivity index (χ4v) is 18.4. The molecule has 16 atom stereocenters. The molecule has 0 spiro atoms. The number of alkyl halides is 6. The second-order valence-electron chi connectivity index (χ2n) is 28.3. The number of carbonyl (C=O) groups is 2. The van der Waals surface area contributed by atoms with Gasteiger partial charge >= 0.3 is 31.6 Å². The number of nitrogens with zero attached hydrogens (tertiary/aromatic N) is 1. The molecule has 9 fully saturated rings. The van der Waals surface area contributed by atoms with Gasteiger partial charge in [-0.15, -0.1) is 26.3 Å². The second-order valence-corrected chi connectivity index (χ2v) is 29.3. The van der Waals surface area contributed by atoms with Crippen LogP contribution in [-0.4, -0.2) is 78.3 Å². The van der Waals surface area contributed by atoms with E-state index in [1.807, 2.05) is 13.8 Å². The van der Waals surface area contributed by atoms with E-state index >= 15 is 0 Å². The molecule has 2 N–H and O–H groups in total. The Hall–Kier alpha value is -2.32. The Morgan fingerprint density at radius 3 is 1.35 bits per heavy atom. The van der Waals surface area contributed by atoms with Crippen molar-refractivity contribution in [2.45, 2.75) is 222 Å². The number of benzene rings is 2. The quantitative estimate of drug-likeness (QED) is 0.0966. The molecule has 0 bridgehead atoms. The third-order valence-corrected chi connectivity index (χ3v) is 22.9. The number of halogens is 7. The number of fused-ring (bicyclic) bond motifs is 10. The van der Waals surface area contributed by atoms with Gasteiger partial charge in [0.15, 0.2) is 5.78 Å². The predicted octanol–water partition coefficient (Wildman–Crippen LogP) is 15.0. The van der Waals surface area contributed by atoms with Crippen molar-refractivity contribution in [2.24, 2.45) is 80.8 Å². The molecule has 8 saturated carbocycles. The SMILES string of the molecule is C.C1CCOC1.CON(C)C(=O)[C@H]1CC[C@H]2[C@@H]3CC[C@@H]4C[C@](C)(O)CC[C@]4(C)[C@H]3CC[C@]12C.C[C-](C)C.C[C@@]1(O)CC[C@@]2(C)[C@H](CC[C@@H]3[C@@H]2CC[C@]2(C)[C@@H](C(=O)c4ccc(OC(F)(F)F)cc4)CC[C@@H]32)C1.FC(F)(F)Oc1ccc(Br)cc1.[Li+]. The number of amides is 1. The molecule has 9 aliphatic rings. The van der Waals surface area contributed by atoms with Crippen molar-refractivity contribution in [1.82, 2.24) is 5.06 Å². The number of ketones is 1. The van der Waals surface area contributed by atoms with Gasteiger partial charge in [0.05, 0.1) is 18.3 Å². The van der Waals surface area contributed by atoms with E-state index in [0.717, 1.165) is 89.3 Å². The van der Waals surface area contributed by atoms with E-state index in [1.165, 1.54) is 124 Å². The van der Waals surface area contributed by atoms with E-state index in [0.29, 0.717) is 51.0 Å². The van der Waals surface area contributed by atoms with Crippen LogP contribution in [0.15, 0.2) is 53.0 Å². The Labute approximate surface area is 520 Å². The maximum absolute atomic E-state index is 13.5. The molecule has 2 aromatic rings. The van der Waals surface area contributed by atoms with Gasteiger partial charge in [-0.3, -0.25) is 14.4 Å². The van der Waals surface area contributed by atoms with Crippen LogP contribution in [0.4, 0.5) is 26.3 Å². The number of aliphatic hydroxyl groups is 2. The van der Waals surface area contributed by atoms with E-state index in [1.54, 1.807) is 14.2 Å². The maximum atomic E-state index is 13.5. The Morgan fingerprint density at radius 2 is 0.964 bits per heavy atom. The number of Topliss-reactive ketones (excluding diaryl/α,β-unsaturated/α-hetero) is 1. The molecule has 0 radical (unpaired) electrons. The molecule has 9 nitrogen and oxygen atoms in total. The third-order valence-electron chi connectivity index (χ3n) is 22.4. The minimum Gasteiger partial charge on any atom is -0.406 e. The average molecular weight is 1250 g/mol. The van der Waals surface area contributed by atoms with Gasteiger partial charge in [0.25, 0.3) is 0 Å². The summed E-state index contributed by atoms with van der Waals surface area (Å²) in [6.07, 6.45) is 12.8. The molecule has 472 valence electrons. The van der Waals surface area contributed by atoms with Crippen LogP contribution in [0.1, 0.15) is 209 Å². The van der Waals surface area contributed by atoms with Crippen LogP contribution >= 0.6 is 15.9 Å². The van der Waals surface area contributed by atoms with Crippen molar-refractivity contribution in [3.05, 3.63) is 64.5 Å². The van der Waals surface area contributed by atoms with Crippen LogP contribution in [0.2, 0.25) is 0 Å². The molecule has 8 aliphatic carbocycles. The summed E-state index contributed by atoms with van der Waals surface area (Å²) in [7, 11) is 3.34. The molecule has 1 aliphatic heterocycles. The fourth-order valence-electron chi connectivity index (χ4n) is 18.2. The smallest absolute Gasteiger partial charge is 0.406 e. The summed E-state index contributed by atoms with van der Waals surface area (Å²) in [5.74, 6) is 6.46. The van der Waals surface area contributed by atoms with Crippen molar-refractivity contribution < 1.29 is 84.1 Å². The van der Waals surface area contributed by atoms with E-state index in [4.69, 9.17) is 9.57 Å². The van der Waals surface area contributed by atoms with Crippen LogP contribution in [0.25, 0.3) is 0 Å². The number of hydroxylamine groups is 2. The number of hydrogen-bond donors (Lipinski definition) is 2. The monoisotopic (exact) mass is 1250 g/mol. The molecule has 84 heavy (non-hydrogen) atoms. The van der Waals surface area contributed by atoms with Crippen molar-refractivity contribution in [1.29, 1.82) is 0 Å². The fraction of sp³-hybridized carbons (Fsp3) is 0.776. The zero-order valence-electron chi connectivity index (χ0n) is 51.9. The first kappa shape index (κ1) is 72.4. The van der Waals surface area contributed by atoms with E-state index in [2.05, 4.69) is 73.9 Å². The van der Waals surface area contributed by atoms with E-state index in [-0.39, 0.29) is 77.6 Å². The molecule has 1 heterocycles. The normalized spacial score (nSPS) is 38.0. The standard InChI is InChI=1S/C28H37F3O3.C23H39NO3.C7H4BrF3O.C4H8O.C4H9.CH4.Li/c1-25(33)14-15-26(2)18(16-25)6-9-20-21-10-11-23(27(21,3)13-12-22(20)26)24(32)17-4-7-19(8-5-17)34-28(29,30)31;1-21(26)12-13-22(2)15(14-21)6-7-16-17-8-9-19(20(25)24(4)27-5)23(17,3)11-10-18(16)22;8-5-1-3-6(4-2-5)12-7(9,10)11;1-2-4-5-3-1;1-4(2)3;;/h4-5,7-8,18,20-23,33H,6,9-16H2,1-3H3;15-19,26H,6-14H2,1-5H3;1-4H;1-4H2;1-3H3;1H4;/q;;;;-1;;+1/t18-,20+,21+,22+,23-,25-,26+,27+;15-,16+,17+,18+,19-,21-,22+,23+;;;;;/m11...../s1. The third kappa shape index (κ3) is 16.9. The largest absolute Gasteiger partial charge is 1.00 e. The van der Waals surface area contributed by atoms with Gasteiger partial charge in [-0.05, 0) is 260 Å². The first-order valence-corrected chi connectivity index (χ1v) is 31.5. The van der Waals surface area contributed by atoms with Crippen molar-refractivity contribution in [3.8, 4) is 11.5 Å². The van der Waals surface area contributed by atoms with Crippen molar-refractivity contribution in [2.75, 3.05) is 27.4 Å². The van der Waals surface area contributed by atoms with Crippen LogP contribution in [0.5, 0.6) is 11.5 Å². The predicted molar refractivity (Wildman–Crippen MR) is 317 cm³/mol.